The predicted molar refractivity (Wildman–Crippen MR) is 170 cm³/mol. The normalized spacial score (nSPS) is 24.5. The number of aryl methyl sites for hydroxylation is 1. The molecule has 2 fully saturated rings. The van der Waals surface area contributed by atoms with E-state index in [1.165, 1.54) is 23.8 Å². The molecular weight excluding hydrogens is 576 g/mol. The topological polar surface area (TPSA) is 153 Å². The van der Waals surface area contributed by atoms with Crippen molar-refractivity contribution >= 4 is 33.9 Å². The molecule has 5 heterocycles. The highest BCUT2D eigenvalue weighted by molar-refractivity contribution is 7.16. The number of anilines is 3. The predicted octanol–water partition coefficient (Wildman–Crippen LogP) is 3.80. The van der Waals surface area contributed by atoms with Crippen LogP contribution in [-0.2, 0) is 16.6 Å². The van der Waals surface area contributed by atoms with Crippen LogP contribution in [0.2, 0.25) is 0 Å². The molecule has 0 saturated carbocycles. The highest BCUT2D eigenvalue weighted by Gasteiger charge is 2.43. The zero-order valence-electron chi connectivity index (χ0n) is 25.8. The van der Waals surface area contributed by atoms with Crippen molar-refractivity contribution in [2.45, 2.75) is 76.4 Å². The molecule has 2 aliphatic heterocycles. The van der Waals surface area contributed by atoms with Gasteiger partial charge in [0.1, 0.15) is 22.7 Å². The minimum atomic E-state index is -0.638. The van der Waals surface area contributed by atoms with Crippen molar-refractivity contribution < 1.29 is 9.32 Å². The number of aromatic nitrogens is 4. The van der Waals surface area contributed by atoms with Crippen LogP contribution in [0.3, 0.4) is 0 Å². The van der Waals surface area contributed by atoms with E-state index in [1.807, 2.05) is 17.9 Å². The molecule has 3 N–H and O–H groups in total. The highest BCUT2D eigenvalue weighted by atomic mass is 32.1. The number of nitrogens with zero attached hydrogens (tertiary/aromatic N) is 8. The molecule has 13 heteroatoms. The standard InChI is InChI=1S/C31H40N10O2S/c1-6-25(42)40-13-14-41(18(2)17-40)24-15-23(34-19(3)21-9-8-12-39(21)5)35-28(36-24)29-37-30(43-38-29)31(4)11-7-10-22-26(31)20(16-32)27(33)44-22/h6,15,18-19,21H,1,7-14,17,33H2,2-5H3,(H,34,35,36)/t18-,19+,21+,31+/m1/s1. The SMILES string of the molecule is C=CC(=O)N1CCN(c2cc(N[C@@H](C)[C@@H]3CCCN3C)nc(-c3noc([C@@]4(C)CCCc5sc(N)c(C#N)c54)n3)n2)[C@H](C)C1. The molecular formula is C31H40N10O2S. The number of carbonyl (C=O) groups is 1. The molecule has 0 aromatic carbocycles. The number of amides is 1. The number of hydrogen-bond donors (Lipinski definition) is 2. The van der Waals surface area contributed by atoms with Gasteiger partial charge in [0.05, 0.1) is 11.0 Å². The van der Waals surface area contributed by atoms with Crippen molar-refractivity contribution in [2.75, 3.05) is 49.2 Å². The lowest BCUT2D eigenvalue weighted by molar-refractivity contribution is -0.126. The summed E-state index contributed by atoms with van der Waals surface area (Å²) in [6.45, 7) is 12.8. The average molecular weight is 617 g/mol. The molecule has 232 valence electrons. The van der Waals surface area contributed by atoms with Gasteiger partial charge in [-0.3, -0.25) is 4.79 Å². The van der Waals surface area contributed by atoms with E-state index in [2.05, 4.69) is 53.8 Å². The van der Waals surface area contributed by atoms with Crippen molar-refractivity contribution in [1.82, 2.24) is 29.9 Å². The molecule has 2 saturated heterocycles. The molecule has 3 aromatic rings. The number of likely N-dealkylation sites (tertiary alicyclic amines) is 1. The Kier molecular flexibility index (Phi) is 8.06. The van der Waals surface area contributed by atoms with Crippen LogP contribution in [0.4, 0.5) is 16.6 Å². The van der Waals surface area contributed by atoms with E-state index < -0.39 is 5.41 Å². The average Bonchev–Trinajstić information content (AvgIpc) is 3.75. The van der Waals surface area contributed by atoms with Crippen LogP contribution < -0.4 is 16.0 Å². The Labute approximate surface area is 261 Å². The number of fused-ring (bicyclic) bond motifs is 1. The number of nitriles is 1. The summed E-state index contributed by atoms with van der Waals surface area (Å²) in [6.07, 6.45) is 6.23. The lowest BCUT2D eigenvalue weighted by Crippen LogP contribution is -2.53. The second-order valence-electron chi connectivity index (χ2n) is 12.4. The monoisotopic (exact) mass is 616 g/mol. The Hall–Kier alpha value is -4.02. The van der Waals surface area contributed by atoms with E-state index in [0.717, 1.165) is 48.5 Å². The van der Waals surface area contributed by atoms with Gasteiger partial charge in [0, 0.05) is 54.3 Å². The second kappa shape index (κ2) is 11.8. The molecule has 0 unspecified atom stereocenters. The summed E-state index contributed by atoms with van der Waals surface area (Å²) >= 11 is 1.47. The van der Waals surface area contributed by atoms with Gasteiger partial charge in [-0.25, -0.2) is 9.97 Å². The van der Waals surface area contributed by atoms with Crippen LogP contribution in [0.5, 0.6) is 0 Å². The summed E-state index contributed by atoms with van der Waals surface area (Å²) < 4.78 is 5.92. The molecule has 3 aliphatic rings. The number of nitrogens with two attached hydrogens (primary N) is 1. The van der Waals surface area contributed by atoms with Crippen LogP contribution in [0, 0.1) is 11.3 Å². The van der Waals surface area contributed by atoms with Gasteiger partial charge < -0.3 is 30.3 Å². The molecule has 44 heavy (non-hydrogen) atoms. The fourth-order valence-corrected chi connectivity index (χ4v) is 8.32. The van der Waals surface area contributed by atoms with Crippen molar-refractivity contribution in [3.63, 3.8) is 0 Å². The van der Waals surface area contributed by atoms with E-state index in [4.69, 9.17) is 25.2 Å². The minimum Gasteiger partial charge on any atom is -0.389 e. The van der Waals surface area contributed by atoms with Gasteiger partial charge in [0.2, 0.25) is 23.4 Å². The third kappa shape index (κ3) is 5.30. The van der Waals surface area contributed by atoms with Gasteiger partial charge >= 0.3 is 0 Å². The summed E-state index contributed by atoms with van der Waals surface area (Å²) in [7, 11) is 2.16. The second-order valence-corrected chi connectivity index (χ2v) is 13.6. The Morgan fingerprint density at radius 3 is 2.82 bits per heavy atom. The first-order chi connectivity index (χ1) is 21.1. The van der Waals surface area contributed by atoms with Crippen LogP contribution >= 0.6 is 11.3 Å². The van der Waals surface area contributed by atoms with Gasteiger partial charge in [0.25, 0.3) is 0 Å². The number of nitrogens with one attached hydrogen (secondary N) is 1. The van der Waals surface area contributed by atoms with Crippen LogP contribution in [0.1, 0.15) is 68.3 Å². The van der Waals surface area contributed by atoms with Crippen LogP contribution in [0.15, 0.2) is 23.2 Å². The van der Waals surface area contributed by atoms with Crippen molar-refractivity contribution in [3.8, 4) is 17.7 Å². The van der Waals surface area contributed by atoms with Crippen molar-refractivity contribution in [2.24, 2.45) is 0 Å². The first-order valence-corrected chi connectivity index (χ1v) is 16.1. The van der Waals surface area contributed by atoms with Gasteiger partial charge in [-0.1, -0.05) is 11.7 Å². The molecule has 6 rings (SSSR count). The number of rotatable bonds is 7. The summed E-state index contributed by atoms with van der Waals surface area (Å²) in [5, 5.41) is 18.4. The van der Waals surface area contributed by atoms with Gasteiger partial charge in [-0.15, -0.1) is 11.3 Å². The number of carbonyl (C=O) groups excluding carboxylic acids is 1. The smallest absolute Gasteiger partial charge is 0.246 e. The fourth-order valence-electron chi connectivity index (χ4n) is 7.13. The number of piperazine rings is 1. The summed E-state index contributed by atoms with van der Waals surface area (Å²) in [4.78, 5) is 34.5. The first-order valence-electron chi connectivity index (χ1n) is 15.3. The van der Waals surface area contributed by atoms with Crippen LogP contribution in [-0.4, -0.2) is 87.2 Å². The number of thiophene rings is 1. The molecule has 4 atom stereocenters. The van der Waals surface area contributed by atoms with E-state index in [0.29, 0.717) is 59.6 Å². The molecule has 0 bridgehead atoms. The molecule has 0 radical (unpaired) electrons. The maximum absolute atomic E-state index is 12.3. The Bertz CT molecular complexity index is 1610. The molecule has 1 aliphatic carbocycles. The van der Waals surface area contributed by atoms with Crippen molar-refractivity contribution in [3.05, 3.63) is 40.6 Å². The largest absolute Gasteiger partial charge is 0.389 e. The minimum absolute atomic E-state index is 0.0236. The molecule has 1 amide bonds. The lowest BCUT2D eigenvalue weighted by Gasteiger charge is -2.40. The zero-order valence-corrected chi connectivity index (χ0v) is 26.7. The molecule has 0 spiro atoms. The summed E-state index contributed by atoms with van der Waals surface area (Å²) in [5.41, 5.74) is 7.00. The maximum atomic E-state index is 12.3. The third-order valence-electron chi connectivity index (χ3n) is 9.50. The number of hydrogen-bond acceptors (Lipinski definition) is 12. The maximum Gasteiger partial charge on any atom is 0.246 e. The fraction of sp³-hybridized carbons (Fsp3) is 0.548. The lowest BCUT2D eigenvalue weighted by atomic mass is 9.72. The van der Waals surface area contributed by atoms with E-state index in [9.17, 15) is 10.1 Å². The summed E-state index contributed by atoms with van der Waals surface area (Å²) in [6, 6.07) is 4.86. The van der Waals surface area contributed by atoms with Crippen LogP contribution in [0.25, 0.3) is 11.6 Å². The highest BCUT2D eigenvalue weighted by Crippen LogP contribution is 2.48. The van der Waals surface area contributed by atoms with E-state index in [1.54, 1.807) is 0 Å². The van der Waals surface area contributed by atoms with Gasteiger partial charge in [0.15, 0.2) is 0 Å². The Morgan fingerprint density at radius 1 is 1.30 bits per heavy atom. The summed E-state index contributed by atoms with van der Waals surface area (Å²) in [5.74, 6) is 2.43. The van der Waals surface area contributed by atoms with E-state index >= 15 is 0 Å². The number of likely N-dealkylation sites (N-methyl/N-ethyl adjacent to an activating group) is 1. The van der Waals surface area contributed by atoms with Gasteiger partial charge in [-0.2, -0.15) is 10.2 Å². The van der Waals surface area contributed by atoms with Crippen molar-refractivity contribution in [1.29, 1.82) is 5.26 Å². The number of nitrogen functional groups attached to an aromatic ring is 1. The Morgan fingerprint density at radius 2 is 2.11 bits per heavy atom. The first kappa shape index (κ1) is 30.0. The Balaban J connectivity index is 1.36. The van der Waals surface area contributed by atoms with Gasteiger partial charge in [-0.05, 0) is 72.5 Å². The van der Waals surface area contributed by atoms with E-state index in [-0.39, 0.29) is 18.0 Å². The molecule has 12 nitrogen and oxygen atoms in total. The molecule has 3 aromatic heterocycles. The third-order valence-corrected chi connectivity index (χ3v) is 10.6. The zero-order chi connectivity index (χ0) is 31.2. The quantitative estimate of drug-likeness (QED) is 0.373.